The van der Waals surface area contributed by atoms with Crippen molar-refractivity contribution in [1.82, 2.24) is 15.3 Å². The van der Waals surface area contributed by atoms with Gasteiger partial charge in [0.15, 0.2) is 5.82 Å². The summed E-state index contributed by atoms with van der Waals surface area (Å²) >= 11 is 6.05. The van der Waals surface area contributed by atoms with Crippen molar-refractivity contribution >= 4 is 35.0 Å². The average Bonchev–Trinajstić information content (AvgIpc) is 2.48. The Morgan fingerprint density at radius 1 is 1.35 bits per heavy atom. The van der Waals surface area contributed by atoms with Gasteiger partial charge >= 0.3 is 0 Å². The Bertz CT molecular complexity index is 723. The molecule has 0 saturated carbocycles. The van der Waals surface area contributed by atoms with Crippen molar-refractivity contribution in [3.63, 3.8) is 0 Å². The normalized spacial score (nSPS) is 10.5. The first-order valence-electron chi connectivity index (χ1n) is 6.99. The third-order valence-corrected chi connectivity index (χ3v) is 3.16. The Hall–Kier alpha value is -2.41. The molecule has 1 amide bonds. The van der Waals surface area contributed by atoms with Crippen LogP contribution in [0.5, 0.6) is 0 Å². The summed E-state index contributed by atoms with van der Waals surface area (Å²) in [5.74, 6) is -0.525. The molecule has 0 saturated heterocycles. The lowest BCUT2D eigenvalue weighted by atomic mass is 10.1. The minimum atomic E-state index is -0.632. The van der Waals surface area contributed by atoms with Crippen molar-refractivity contribution in [3.05, 3.63) is 40.8 Å². The van der Waals surface area contributed by atoms with Crippen molar-refractivity contribution < 1.29 is 9.18 Å². The Kier molecular flexibility index (Phi) is 5.33. The number of nitrogens with one attached hydrogen (secondary N) is 3. The number of carbonyl (C=O) groups is 1. The van der Waals surface area contributed by atoms with Crippen LogP contribution in [0.1, 0.15) is 24.2 Å². The van der Waals surface area contributed by atoms with Crippen molar-refractivity contribution in [3.8, 4) is 0 Å². The molecule has 1 aromatic carbocycles. The fraction of sp³-hybridized carbons (Fsp3) is 0.267. The fourth-order valence-corrected chi connectivity index (χ4v) is 2.03. The zero-order valence-electron chi connectivity index (χ0n) is 12.9. The van der Waals surface area contributed by atoms with Gasteiger partial charge in [-0.3, -0.25) is 4.79 Å². The van der Waals surface area contributed by atoms with Gasteiger partial charge in [0, 0.05) is 13.1 Å². The molecule has 0 aliphatic heterocycles. The molecule has 0 unspecified atom stereocenters. The Morgan fingerprint density at radius 2 is 2.09 bits per heavy atom. The third kappa shape index (κ3) is 4.07. The van der Waals surface area contributed by atoms with Crippen LogP contribution in [-0.4, -0.2) is 29.0 Å². The molecule has 2 aromatic rings. The molecule has 6 nitrogen and oxygen atoms in total. The molecule has 2 rings (SSSR count). The lowest BCUT2D eigenvalue weighted by Crippen LogP contribution is -2.31. The highest BCUT2D eigenvalue weighted by atomic mass is 35.5. The molecule has 3 N–H and O–H groups in total. The molecule has 0 atom stereocenters. The van der Waals surface area contributed by atoms with Crippen molar-refractivity contribution in [2.75, 3.05) is 17.7 Å². The fourth-order valence-electron chi connectivity index (χ4n) is 1.90. The number of benzene rings is 1. The summed E-state index contributed by atoms with van der Waals surface area (Å²) in [6.45, 7) is 3.60. The first-order valence-corrected chi connectivity index (χ1v) is 7.37. The maximum Gasteiger partial charge on any atom is 0.256 e. The van der Waals surface area contributed by atoms with E-state index in [0.29, 0.717) is 5.95 Å². The van der Waals surface area contributed by atoms with Crippen molar-refractivity contribution in [2.24, 2.45) is 0 Å². The lowest BCUT2D eigenvalue weighted by Gasteiger charge is -2.15. The highest BCUT2D eigenvalue weighted by Crippen LogP contribution is 2.27. The van der Waals surface area contributed by atoms with Crippen molar-refractivity contribution in [1.29, 1.82) is 0 Å². The van der Waals surface area contributed by atoms with Gasteiger partial charge in [0.05, 0.1) is 17.4 Å². The SMILES string of the molecule is CNc1ncc(Cl)c(Nc2cccc(F)c2C(=O)NC(C)C)n1. The predicted octanol–water partition coefficient (Wildman–Crippen LogP) is 3.19. The zero-order chi connectivity index (χ0) is 17.0. The highest BCUT2D eigenvalue weighted by Gasteiger charge is 2.18. The molecule has 1 heterocycles. The summed E-state index contributed by atoms with van der Waals surface area (Å²) in [6.07, 6.45) is 1.41. The molecule has 1 aromatic heterocycles. The summed E-state index contributed by atoms with van der Waals surface area (Å²) in [5, 5.41) is 8.59. The van der Waals surface area contributed by atoms with E-state index >= 15 is 0 Å². The highest BCUT2D eigenvalue weighted by molar-refractivity contribution is 6.33. The minimum absolute atomic E-state index is 0.0955. The monoisotopic (exact) mass is 337 g/mol. The molecular weight excluding hydrogens is 321 g/mol. The largest absolute Gasteiger partial charge is 0.357 e. The molecule has 8 heteroatoms. The summed E-state index contributed by atoms with van der Waals surface area (Å²) in [6, 6.07) is 4.18. The Morgan fingerprint density at radius 3 is 2.74 bits per heavy atom. The standard InChI is InChI=1S/C15H17ClFN5O/c1-8(2)20-14(23)12-10(17)5-4-6-11(12)21-13-9(16)7-19-15(18-3)22-13/h4-8H,1-3H3,(H,20,23)(H2,18,19,21,22). The molecule has 122 valence electrons. The topological polar surface area (TPSA) is 78.9 Å². The van der Waals surface area contributed by atoms with Gasteiger partial charge < -0.3 is 16.0 Å². The van der Waals surface area contributed by atoms with Gasteiger partial charge in [-0.15, -0.1) is 0 Å². The van der Waals surface area contributed by atoms with Crippen LogP contribution in [0.25, 0.3) is 0 Å². The molecule has 23 heavy (non-hydrogen) atoms. The van der Waals surface area contributed by atoms with Crippen molar-refractivity contribution in [2.45, 2.75) is 19.9 Å². The second-order valence-corrected chi connectivity index (χ2v) is 5.46. The van der Waals surface area contributed by atoms with E-state index in [2.05, 4.69) is 25.9 Å². The summed E-state index contributed by atoms with van der Waals surface area (Å²) in [7, 11) is 1.66. The minimum Gasteiger partial charge on any atom is -0.357 e. The van der Waals surface area contributed by atoms with E-state index in [-0.39, 0.29) is 28.1 Å². The van der Waals surface area contributed by atoms with Gasteiger partial charge in [-0.25, -0.2) is 9.37 Å². The number of hydrogen-bond donors (Lipinski definition) is 3. The number of carbonyl (C=O) groups excluding carboxylic acids is 1. The van der Waals surface area contributed by atoms with Gasteiger partial charge in [0.25, 0.3) is 5.91 Å². The van der Waals surface area contributed by atoms with E-state index in [4.69, 9.17) is 11.6 Å². The number of halogens is 2. The van der Waals surface area contributed by atoms with Gasteiger partial charge in [-0.2, -0.15) is 4.98 Å². The van der Waals surface area contributed by atoms with E-state index in [1.165, 1.54) is 18.3 Å². The van der Waals surface area contributed by atoms with Crippen LogP contribution in [0.4, 0.5) is 21.8 Å². The van der Waals surface area contributed by atoms with E-state index in [9.17, 15) is 9.18 Å². The van der Waals surface area contributed by atoms with Crippen LogP contribution in [0.2, 0.25) is 5.02 Å². The molecule has 0 aliphatic rings. The first kappa shape index (κ1) is 17.0. The predicted molar refractivity (Wildman–Crippen MR) is 88.9 cm³/mol. The van der Waals surface area contributed by atoms with Crippen LogP contribution < -0.4 is 16.0 Å². The Balaban J connectivity index is 2.41. The van der Waals surface area contributed by atoms with Crippen LogP contribution >= 0.6 is 11.6 Å². The molecule has 0 aliphatic carbocycles. The van der Waals surface area contributed by atoms with E-state index in [1.54, 1.807) is 27.0 Å². The number of rotatable bonds is 5. The summed E-state index contributed by atoms with van der Waals surface area (Å²) < 4.78 is 14.1. The molecule has 0 fully saturated rings. The van der Waals surface area contributed by atoms with Gasteiger partial charge in [0.2, 0.25) is 5.95 Å². The summed E-state index contributed by atoms with van der Waals surface area (Å²) in [5.41, 5.74) is 0.174. The second-order valence-electron chi connectivity index (χ2n) is 5.06. The van der Waals surface area contributed by atoms with E-state index in [1.807, 2.05) is 0 Å². The lowest BCUT2D eigenvalue weighted by molar-refractivity contribution is 0.0940. The number of nitrogens with zero attached hydrogens (tertiary/aromatic N) is 2. The molecular formula is C15H17ClFN5O. The maximum absolute atomic E-state index is 14.1. The molecule has 0 radical (unpaired) electrons. The van der Waals surface area contributed by atoms with Crippen LogP contribution in [-0.2, 0) is 0 Å². The van der Waals surface area contributed by atoms with Gasteiger partial charge in [-0.05, 0) is 26.0 Å². The number of hydrogen-bond acceptors (Lipinski definition) is 5. The van der Waals surface area contributed by atoms with E-state index in [0.717, 1.165) is 0 Å². The smallest absolute Gasteiger partial charge is 0.256 e. The quantitative estimate of drug-likeness (QED) is 0.781. The summed E-state index contributed by atoms with van der Waals surface area (Å²) in [4.78, 5) is 20.3. The number of aromatic nitrogens is 2. The molecule has 0 bridgehead atoms. The third-order valence-electron chi connectivity index (χ3n) is 2.88. The average molecular weight is 338 g/mol. The van der Waals surface area contributed by atoms with Gasteiger partial charge in [-0.1, -0.05) is 17.7 Å². The van der Waals surface area contributed by atoms with Crippen LogP contribution in [0, 0.1) is 5.82 Å². The molecule has 0 spiro atoms. The Labute approximate surface area is 138 Å². The van der Waals surface area contributed by atoms with Crippen LogP contribution in [0.15, 0.2) is 24.4 Å². The number of amides is 1. The van der Waals surface area contributed by atoms with E-state index < -0.39 is 11.7 Å². The first-order chi connectivity index (χ1) is 10.9. The maximum atomic E-state index is 14.1. The zero-order valence-corrected chi connectivity index (χ0v) is 13.7. The second kappa shape index (κ2) is 7.23. The van der Waals surface area contributed by atoms with Crippen LogP contribution in [0.3, 0.4) is 0 Å². The van der Waals surface area contributed by atoms with Gasteiger partial charge in [0.1, 0.15) is 10.8 Å². The number of anilines is 3.